The third-order valence-electron chi connectivity index (χ3n) is 2.36. The van der Waals surface area contributed by atoms with E-state index in [-0.39, 0.29) is 6.03 Å². The van der Waals surface area contributed by atoms with E-state index >= 15 is 0 Å². The minimum atomic E-state index is -0.145. The molecule has 2 rings (SSSR count). The molecule has 0 radical (unpaired) electrons. The van der Waals surface area contributed by atoms with Crippen molar-refractivity contribution >= 4 is 17.4 Å². The van der Waals surface area contributed by atoms with Gasteiger partial charge in [0.05, 0.1) is 6.54 Å². The van der Waals surface area contributed by atoms with Crippen molar-refractivity contribution in [2.75, 3.05) is 0 Å². The zero-order valence-corrected chi connectivity index (χ0v) is 9.83. The van der Waals surface area contributed by atoms with E-state index in [0.717, 1.165) is 6.42 Å². The minimum absolute atomic E-state index is 0.145. The van der Waals surface area contributed by atoms with Gasteiger partial charge in [-0.15, -0.1) is 11.3 Å². The van der Waals surface area contributed by atoms with E-state index in [2.05, 4.69) is 28.7 Å². The lowest BCUT2D eigenvalue weighted by Gasteiger charge is -2.05. The van der Waals surface area contributed by atoms with Gasteiger partial charge in [-0.2, -0.15) is 0 Å². The van der Waals surface area contributed by atoms with Crippen LogP contribution in [0, 0.1) is 0 Å². The highest BCUT2D eigenvalue weighted by molar-refractivity contribution is 7.10. The Bertz CT molecular complexity index is 461. The van der Waals surface area contributed by atoms with Gasteiger partial charge in [-0.3, -0.25) is 4.57 Å². The van der Waals surface area contributed by atoms with Gasteiger partial charge in [0.25, 0.3) is 0 Å². The fourth-order valence-corrected chi connectivity index (χ4v) is 2.38. The van der Waals surface area contributed by atoms with Crippen LogP contribution in [0.25, 0.3) is 0 Å². The summed E-state index contributed by atoms with van der Waals surface area (Å²) < 4.78 is 1.43. The first-order valence-corrected chi connectivity index (χ1v) is 6.00. The Morgan fingerprint density at radius 1 is 1.62 bits per heavy atom. The van der Waals surface area contributed by atoms with Crippen LogP contribution in [0.5, 0.6) is 0 Å². The molecule has 5 heteroatoms. The van der Waals surface area contributed by atoms with Gasteiger partial charge in [-0.1, -0.05) is 6.92 Å². The van der Waals surface area contributed by atoms with Crippen LogP contribution in [0.3, 0.4) is 0 Å². The Labute approximate surface area is 97.9 Å². The van der Waals surface area contributed by atoms with Crippen molar-refractivity contribution in [1.29, 1.82) is 0 Å². The Morgan fingerprint density at radius 3 is 3.19 bits per heavy atom. The van der Waals surface area contributed by atoms with E-state index < -0.39 is 0 Å². The highest BCUT2D eigenvalue weighted by atomic mass is 32.1. The summed E-state index contributed by atoms with van der Waals surface area (Å²) in [6.45, 7) is 2.70. The first kappa shape index (κ1) is 10.9. The number of nitrogens with one attached hydrogen (secondary N) is 1. The summed E-state index contributed by atoms with van der Waals surface area (Å²) in [5.41, 5.74) is 1.30. The van der Waals surface area contributed by atoms with Gasteiger partial charge in [-0.25, -0.2) is 9.78 Å². The van der Waals surface area contributed by atoms with Crippen LogP contribution >= 0.6 is 11.3 Å². The number of rotatable bonds is 3. The first-order valence-electron chi connectivity index (χ1n) is 5.12. The molecule has 2 aromatic heterocycles. The number of amides is 1. The second-order valence-electron chi connectivity index (χ2n) is 3.35. The molecule has 0 spiro atoms. The molecule has 0 aliphatic carbocycles. The zero-order valence-electron chi connectivity index (χ0n) is 9.01. The van der Waals surface area contributed by atoms with Gasteiger partial charge < -0.3 is 5.32 Å². The van der Waals surface area contributed by atoms with Gasteiger partial charge in [-0.05, 0) is 23.4 Å². The monoisotopic (exact) mass is 235 g/mol. The quantitative estimate of drug-likeness (QED) is 0.887. The van der Waals surface area contributed by atoms with Crippen molar-refractivity contribution in [2.24, 2.45) is 0 Å². The van der Waals surface area contributed by atoms with Gasteiger partial charge in [0.1, 0.15) is 6.33 Å². The highest BCUT2D eigenvalue weighted by Gasteiger charge is 2.06. The normalized spacial score (nSPS) is 10.3. The summed E-state index contributed by atoms with van der Waals surface area (Å²) in [6.07, 6.45) is 5.71. The zero-order chi connectivity index (χ0) is 11.4. The SMILES string of the molecule is CCc1ccsc1CNC(=O)n1ccnc1. The van der Waals surface area contributed by atoms with Crippen molar-refractivity contribution < 1.29 is 4.79 Å². The molecule has 0 unspecified atom stereocenters. The summed E-state index contributed by atoms with van der Waals surface area (Å²) in [5.74, 6) is 0. The highest BCUT2D eigenvalue weighted by Crippen LogP contribution is 2.16. The molecule has 1 N–H and O–H groups in total. The van der Waals surface area contributed by atoms with E-state index in [4.69, 9.17) is 0 Å². The molecule has 4 nitrogen and oxygen atoms in total. The number of aromatic nitrogens is 2. The lowest BCUT2D eigenvalue weighted by molar-refractivity contribution is 0.242. The van der Waals surface area contributed by atoms with Gasteiger partial charge in [0, 0.05) is 17.3 Å². The van der Waals surface area contributed by atoms with Crippen LogP contribution in [0.15, 0.2) is 30.2 Å². The third kappa shape index (κ3) is 2.30. The van der Waals surface area contributed by atoms with Gasteiger partial charge >= 0.3 is 6.03 Å². The first-order chi connectivity index (χ1) is 7.81. The number of carbonyl (C=O) groups excluding carboxylic acids is 1. The second kappa shape index (κ2) is 4.94. The predicted molar refractivity (Wildman–Crippen MR) is 63.6 cm³/mol. The van der Waals surface area contributed by atoms with E-state index in [1.54, 1.807) is 23.7 Å². The summed E-state index contributed by atoms with van der Waals surface area (Å²) in [4.78, 5) is 16.7. The number of imidazole rings is 1. The molecule has 84 valence electrons. The van der Waals surface area contributed by atoms with Crippen LogP contribution in [-0.2, 0) is 13.0 Å². The summed E-state index contributed by atoms with van der Waals surface area (Å²) in [5, 5.41) is 4.91. The fraction of sp³-hybridized carbons (Fsp3) is 0.273. The maximum Gasteiger partial charge on any atom is 0.327 e. The molecule has 0 bridgehead atoms. The molecule has 0 aromatic carbocycles. The summed E-state index contributed by atoms with van der Waals surface area (Å²) >= 11 is 1.67. The van der Waals surface area contributed by atoms with E-state index in [9.17, 15) is 4.79 Å². The Morgan fingerprint density at radius 2 is 2.50 bits per heavy atom. The molecule has 16 heavy (non-hydrogen) atoms. The number of thiophene rings is 1. The maximum absolute atomic E-state index is 11.6. The van der Waals surface area contributed by atoms with Gasteiger partial charge in [0.15, 0.2) is 0 Å². The number of carbonyl (C=O) groups is 1. The molecule has 0 saturated heterocycles. The predicted octanol–water partition coefficient (Wildman–Crippen LogP) is 2.26. The summed E-state index contributed by atoms with van der Waals surface area (Å²) in [6, 6.07) is 1.96. The lowest BCUT2D eigenvalue weighted by Crippen LogP contribution is -2.26. The van der Waals surface area contributed by atoms with Crippen LogP contribution in [0.1, 0.15) is 17.4 Å². The third-order valence-corrected chi connectivity index (χ3v) is 3.32. The lowest BCUT2D eigenvalue weighted by atomic mass is 10.2. The Balaban J connectivity index is 1.95. The molecular formula is C11H13N3OS. The van der Waals surface area contributed by atoms with Crippen molar-refractivity contribution in [3.63, 3.8) is 0 Å². The molecule has 0 aliphatic heterocycles. The largest absolute Gasteiger partial charge is 0.332 e. The number of hydrogen-bond acceptors (Lipinski definition) is 3. The van der Waals surface area contributed by atoms with Crippen molar-refractivity contribution in [3.05, 3.63) is 40.6 Å². The molecule has 0 atom stereocenters. The Kier molecular flexibility index (Phi) is 3.36. The van der Waals surface area contributed by atoms with Crippen LogP contribution in [0.4, 0.5) is 4.79 Å². The number of hydrogen-bond donors (Lipinski definition) is 1. The topological polar surface area (TPSA) is 46.9 Å². The maximum atomic E-state index is 11.6. The summed E-state index contributed by atoms with van der Waals surface area (Å²) in [7, 11) is 0. The molecule has 0 saturated carbocycles. The number of nitrogens with zero attached hydrogens (tertiary/aromatic N) is 2. The van der Waals surface area contributed by atoms with Gasteiger partial charge in [0.2, 0.25) is 0 Å². The van der Waals surface area contributed by atoms with Crippen molar-refractivity contribution in [3.8, 4) is 0 Å². The van der Waals surface area contributed by atoms with Crippen molar-refractivity contribution in [1.82, 2.24) is 14.9 Å². The van der Waals surface area contributed by atoms with E-state index in [0.29, 0.717) is 6.54 Å². The smallest absolute Gasteiger partial charge is 0.327 e. The minimum Gasteiger partial charge on any atom is -0.332 e. The van der Waals surface area contributed by atoms with Crippen LogP contribution in [0.2, 0.25) is 0 Å². The average Bonchev–Trinajstić information content (AvgIpc) is 2.96. The molecule has 0 fully saturated rings. The standard InChI is InChI=1S/C11H13N3OS/c1-2-9-3-6-16-10(9)7-13-11(15)14-5-4-12-8-14/h3-6,8H,2,7H2,1H3,(H,13,15). The molecule has 1 amide bonds. The molecular weight excluding hydrogens is 222 g/mol. The van der Waals surface area contributed by atoms with Crippen LogP contribution in [-0.4, -0.2) is 15.6 Å². The van der Waals surface area contributed by atoms with E-state index in [1.165, 1.54) is 21.3 Å². The number of aryl methyl sites for hydroxylation is 1. The fourth-order valence-electron chi connectivity index (χ4n) is 1.46. The van der Waals surface area contributed by atoms with Crippen LogP contribution < -0.4 is 5.32 Å². The average molecular weight is 235 g/mol. The molecule has 0 aliphatic rings. The van der Waals surface area contributed by atoms with E-state index in [1.807, 2.05) is 0 Å². The molecule has 2 aromatic rings. The van der Waals surface area contributed by atoms with Crippen molar-refractivity contribution in [2.45, 2.75) is 19.9 Å². The second-order valence-corrected chi connectivity index (χ2v) is 4.35. The molecule has 2 heterocycles. The Hall–Kier alpha value is -1.62.